The Bertz CT molecular complexity index is 153. The quantitative estimate of drug-likeness (QED) is 0.524. The Morgan fingerprint density at radius 2 is 0.900 bits per heavy atom. The summed E-state index contributed by atoms with van der Waals surface area (Å²) in [7, 11) is 0. The topological polar surface area (TPSA) is 40.5 Å². The number of phenolic OH excluding ortho intramolecular Hbond substituents is 2. The van der Waals surface area contributed by atoms with E-state index in [-0.39, 0.29) is 45.6 Å². The van der Waals surface area contributed by atoms with Crippen LogP contribution < -0.4 is 0 Å². The van der Waals surface area contributed by atoms with Gasteiger partial charge in [0.1, 0.15) is 11.5 Å². The van der Waals surface area contributed by atoms with Gasteiger partial charge in [-0.05, 0) is 24.3 Å². The van der Waals surface area contributed by atoms with E-state index in [1.165, 1.54) is 24.3 Å². The third-order valence-corrected chi connectivity index (χ3v) is 0.850. The molecule has 1 aromatic rings. The summed E-state index contributed by atoms with van der Waals surface area (Å²) < 4.78 is 0. The first-order valence-electron chi connectivity index (χ1n) is 2.27. The maximum atomic E-state index is 8.65. The van der Waals surface area contributed by atoms with Crippen LogP contribution in [0.3, 0.4) is 0 Å². The fourth-order valence-electron chi connectivity index (χ4n) is 0.453. The van der Waals surface area contributed by atoms with E-state index in [1.54, 1.807) is 0 Å². The van der Waals surface area contributed by atoms with Crippen molar-refractivity contribution in [3.05, 3.63) is 24.3 Å². The molecule has 2 nitrogen and oxygen atoms in total. The molecule has 64 valence electrons. The van der Waals surface area contributed by atoms with Crippen LogP contribution in [-0.4, -0.2) is 10.2 Å². The van der Waals surface area contributed by atoms with E-state index in [1.807, 2.05) is 0 Å². The summed E-state index contributed by atoms with van der Waals surface area (Å²) >= 11 is 0. The second-order valence-corrected chi connectivity index (χ2v) is 1.52. The molecule has 0 amide bonds. The predicted molar refractivity (Wildman–Crippen MR) is 29.8 cm³/mol. The molecule has 4 heteroatoms. The molecule has 10 heavy (non-hydrogen) atoms. The zero-order chi connectivity index (χ0) is 5.98. The van der Waals surface area contributed by atoms with Crippen molar-refractivity contribution >= 4 is 0 Å². The Kier molecular flexibility index (Phi) is 7.05. The molecule has 0 aliphatic heterocycles. The molecule has 0 aromatic heterocycles. The van der Waals surface area contributed by atoms with E-state index in [4.69, 9.17) is 10.2 Å². The number of hydrogen-bond acceptors (Lipinski definition) is 2. The summed E-state index contributed by atoms with van der Waals surface area (Å²) in [5, 5.41) is 17.3. The average Bonchev–Trinajstić information content (AvgIpc) is 1.77. The summed E-state index contributed by atoms with van der Waals surface area (Å²) in [6, 6.07) is 5.70. The van der Waals surface area contributed by atoms with Crippen LogP contribution in [-0.2, 0) is 34.1 Å². The average molecular weight is 237 g/mol. The van der Waals surface area contributed by atoms with E-state index in [0.717, 1.165) is 0 Å². The van der Waals surface area contributed by atoms with Gasteiger partial charge in [-0.2, -0.15) is 0 Å². The molecule has 0 atom stereocenters. The smallest absolute Gasteiger partial charge is 0.115 e. The minimum Gasteiger partial charge on any atom is -0.508 e. The minimum absolute atomic E-state index is 0. The van der Waals surface area contributed by atoms with E-state index < -0.39 is 0 Å². The molecule has 2 radical (unpaired) electrons. The summed E-state index contributed by atoms with van der Waals surface area (Å²) in [6.45, 7) is 0. The minimum atomic E-state index is 0. The van der Waals surface area contributed by atoms with Gasteiger partial charge in [0.25, 0.3) is 0 Å². The van der Waals surface area contributed by atoms with Gasteiger partial charge in [-0.1, -0.05) is 0 Å². The number of benzene rings is 1. The molecule has 0 saturated heterocycles. The Morgan fingerprint density at radius 1 is 0.700 bits per heavy atom. The third kappa shape index (κ3) is 3.80. The number of rotatable bonds is 0. The van der Waals surface area contributed by atoms with Gasteiger partial charge in [-0.3, -0.25) is 0 Å². The van der Waals surface area contributed by atoms with Crippen LogP contribution >= 0.6 is 0 Å². The molecule has 0 aliphatic rings. The van der Waals surface area contributed by atoms with Crippen LogP contribution in [0.5, 0.6) is 11.5 Å². The van der Waals surface area contributed by atoms with E-state index in [9.17, 15) is 0 Å². The normalized spacial score (nSPS) is 7.20. The van der Waals surface area contributed by atoms with Gasteiger partial charge in [0.05, 0.1) is 0 Å². The molecule has 1 rings (SSSR count). The van der Waals surface area contributed by atoms with Gasteiger partial charge in [0.2, 0.25) is 0 Å². The van der Waals surface area contributed by atoms with Gasteiger partial charge in [-0.15, -0.1) is 0 Å². The summed E-state index contributed by atoms with van der Waals surface area (Å²) in [4.78, 5) is 0. The molecular weight excluding hydrogens is 231 g/mol. The largest absolute Gasteiger partial charge is 0.508 e. The number of phenols is 2. The number of aromatic hydroxyl groups is 2. The molecule has 0 unspecified atom stereocenters. The van der Waals surface area contributed by atoms with Gasteiger partial charge >= 0.3 is 0 Å². The SMILES string of the molecule is Oc1ccc(O)cc1.[Cu].[Cu]. The van der Waals surface area contributed by atoms with Gasteiger partial charge in [0, 0.05) is 34.1 Å². The first-order chi connectivity index (χ1) is 3.79. The van der Waals surface area contributed by atoms with Gasteiger partial charge in [0.15, 0.2) is 0 Å². The summed E-state index contributed by atoms with van der Waals surface area (Å²) in [5.41, 5.74) is 0. The fourth-order valence-corrected chi connectivity index (χ4v) is 0.453. The Labute approximate surface area is 80.2 Å². The van der Waals surface area contributed by atoms with E-state index in [2.05, 4.69) is 0 Å². The monoisotopic (exact) mass is 236 g/mol. The molecule has 0 aliphatic carbocycles. The van der Waals surface area contributed by atoms with Crippen molar-refractivity contribution in [3.8, 4) is 11.5 Å². The summed E-state index contributed by atoms with van der Waals surface area (Å²) in [5.74, 6) is 0.339. The van der Waals surface area contributed by atoms with Crippen molar-refractivity contribution in [1.82, 2.24) is 0 Å². The molecule has 0 heterocycles. The summed E-state index contributed by atoms with van der Waals surface area (Å²) in [6.07, 6.45) is 0. The fraction of sp³-hybridized carbons (Fsp3) is 0. The molecule has 0 saturated carbocycles. The van der Waals surface area contributed by atoms with Crippen LogP contribution in [0.25, 0.3) is 0 Å². The molecule has 0 spiro atoms. The van der Waals surface area contributed by atoms with Crippen molar-refractivity contribution < 1.29 is 44.4 Å². The molecule has 0 fully saturated rings. The molecule has 2 N–H and O–H groups in total. The van der Waals surface area contributed by atoms with E-state index >= 15 is 0 Å². The van der Waals surface area contributed by atoms with Crippen molar-refractivity contribution in [3.63, 3.8) is 0 Å². The zero-order valence-electron chi connectivity index (χ0n) is 4.81. The third-order valence-electron chi connectivity index (χ3n) is 0.850. The predicted octanol–water partition coefficient (Wildman–Crippen LogP) is 1.09. The van der Waals surface area contributed by atoms with Crippen molar-refractivity contribution in [2.45, 2.75) is 0 Å². The Hall–Kier alpha value is -0.141. The van der Waals surface area contributed by atoms with Gasteiger partial charge in [-0.25, -0.2) is 0 Å². The standard InChI is InChI=1S/C6H6O2.2Cu/c7-5-1-2-6(8)4-3-5;;/h1-4,7-8H;;. The molecule has 0 bridgehead atoms. The first kappa shape index (κ1) is 12.5. The Balaban J connectivity index is 0. The molecule has 1 aromatic carbocycles. The zero-order valence-corrected chi connectivity index (χ0v) is 6.69. The van der Waals surface area contributed by atoms with Crippen LogP contribution in [0.1, 0.15) is 0 Å². The second kappa shape index (κ2) is 5.63. The van der Waals surface area contributed by atoms with E-state index in [0.29, 0.717) is 0 Å². The van der Waals surface area contributed by atoms with Crippen LogP contribution in [0.2, 0.25) is 0 Å². The Morgan fingerprint density at radius 3 is 1.10 bits per heavy atom. The van der Waals surface area contributed by atoms with Crippen LogP contribution in [0.4, 0.5) is 0 Å². The first-order valence-corrected chi connectivity index (χ1v) is 2.27. The van der Waals surface area contributed by atoms with Gasteiger partial charge < -0.3 is 10.2 Å². The molecular formula is C6H6Cu2O2. The second-order valence-electron chi connectivity index (χ2n) is 1.52. The van der Waals surface area contributed by atoms with Crippen LogP contribution in [0.15, 0.2) is 24.3 Å². The van der Waals surface area contributed by atoms with Crippen molar-refractivity contribution in [2.75, 3.05) is 0 Å². The van der Waals surface area contributed by atoms with Crippen molar-refractivity contribution in [1.29, 1.82) is 0 Å². The van der Waals surface area contributed by atoms with Crippen molar-refractivity contribution in [2.24, 2.45) is 0 Å². The number of hydrogen-bond donors (Lipinski definition) is 2. The maximum absolute atomic E-state index is 8.65. The maximum Gasteiger partial charge on any atom is 0.115 e. The van der Waals surface area contributed by atoms with Crippen LogP contribution in [0, 0.1) is 0 Å².